The smallest absolute Gasteiger partial charge is 0.332 e. The molecule has 2 heterocycles. The molecule has 1 atom stereocenters. The Morgan fingerprint density at radius 3 is 2.28 bits per heavy atom. The molecule has 152 valence electrons. The van der Waals surface area contributed by atoms with Crippen LogP contribution >= 0.6 is 11.8 Å². The highest BCUT2D eigenvalue weighted by Crippen LogP contribution is 2.30. The van der Waals surface area contributed by atoms with Crippen molar-refractivity contribution in [2.24, 2.45) is 14.1 Å². The molecular weight excluding hydrogens is 392 g/mol. The van der Waals surface area contributed by atoms with Crippen molar-refractivity contribution in [3.8, 4) is 11.4 Å². The summed E-state index contributed by atoms with van der Waals surface area (Å²) in [6, 6.07) is 5.84. The van der Waals surface area contributed by atoms with Crippen molar-refractivity contribution in [2.45, 2.75) is 37.5 Å². The van der Waals surface area contributed by atoms with Gasteiger partial charge in [-0.3, -0.25) is 18.7 Å². The SMILES string of the molecule is CC[C@@H](Sc1nc(-c2cc(C)cc(C)c2)nc2c1c(=O)n(C)c(=O)n2C)C(=O)O. The second-order valence-electron chi connectivity index (χ2n) is 6.99. The van der Waals surface area contributed by atoms with E-state index < -0.39 is 22.5 Å². The minimum atomic E-state index is -0.987. The largest absolute Gasteiger partial charge is 0.480 e. The van der Waals surface area contributed by atoms with E-state index in [0.717, 1.165) is 33.0 Å². The van der Waals surface area contributed by atoms with Gasteiger partial charge >= 0.3 is 11.7 Å². The van der Waals surface area contributed by atoms with Gasteiger partial charge in [0.15, 0.2) is 11.5 Å². The normalized spacial score (nSPS) is 12.3. The summed E-state index contributed by atoms with van der Waals surface area (Å²) in [6.07, 6.45) is 0.358. The number of carboxylic acid groups (broad SMARTS) is 1. The Hall–Kier alpha value is -2.94. The third-order valence-electron chi connectivity index (χ3n) is 4.65. The van der Waals surface area contributed by atoms with Crippen LogP contribution in [0.25, 0.3) is 22.4 Å². The fraction of sp³-hybridized carbons (Fsp3) is 0.350. The number of hydrogen-bond acceptors (Lipinski definition) is 6. The van der Waals surface area contributed by atoms with E-state index >= 15 is 0 Å². The maximum Gasteiger partial charge on any atom is 0.332 e. The van der Waals surface area contributed by atoms with Crippen LogP contribution in [0.1, 0.15) is 24.5 Å². The lowest BCUT2D eigenvalue weighted by atomic mass is 10.1. The van der Waals surface area contributed by atoms with Gasteiger partial charge < -0.3 is 5.11 Å². The molecule has 1 N–H and O–H groups in total. The van der Waals surface area contributed by atoms with E-state index in [9.17, 15) is 19.5 Å². The zero-order valence-corrected chi connectivity index (χ0v) is 17.7. The second-order valence-corrected chi connectivity index (χ2v) is 8.18. The average molecular weight is 414 g/mol. The minimum absolute atomic E-state index is 0.146. The number of carbonyl (C=O) groups is 1. The zero-order chi connectivity index (χ0) is 21.5. The van der Waals surface area contributed by atoms with Crippen molar-refractivity contribution < 1.29 is 9.90 Å². The van der Waals surface area contributed by atoms with Crippen molar-refractivity contribution in [3.05, 3.63) is 50.2 Å². The number of carboxylic acids is 1. The van der Waals surface area contributed by atoms with Gasteiger partial charge in [-0.15, -0.1) is 0 Å². The first kappa shape index (κ1) is 20.8. The Bertz CT molecular complexity index is 1230. The van der Waals surface area contributed by atoms with Crippen LogP contribution in [0.4, 0.5) is 0 Å². The van der Waals surface area contributed by atoms with Crippen LogP contribution in [0.5, 0.6) is 0 Å². The van der Waals surface area contributed by atoms with Crippen LogP contribution < -0.4 is 11.2 Å². The average Bonchev–Trinajstić information content (AvgIpc) is 2.67. The number of thioether (sulfide) groups is 1. The summed E-state index contributed by atoms with van der Waals surface area (Å²) in [4.78, 5) is 45.9. The Labute approximate surface area is 171 Å². The maximum atomic E-state index is 12.8. The second kappa shape index (κ2) is 7.82. The van der Waals surface area contributed by atoms with Crippen LogP contribution in [0.15, 0.2) is 32.8 Å². The summed E-state index contributed by atoms with van der Waals surface area (Å²) < 4.78 is 2.27. The third kappa shape index (κ3) is 3.82. The first-order valence-electron chi connectivity index (χ1n) is 9.10. The van der Waals surface area contributed by atoms with Gasteiger partial charge in [0.2, 0.25) is 0 Å². The first-order valence-corrected chi connectivity index (χ1v) is 9.97. The molecule has 0 fully saturated rings. The molecule has 0 spiro atoms. The molecule has 0 saturated carbocycles. The van der Waals surface area contributed by atoms with Gasteiger partial charge in [-0.1, -0.05) is 35.9 Å². The number of hydrogen-bond donors (Lipinski definition) is 1. The molecule has 0 bridgehead atoms. The number of nitrogens with zero attached hydrogens (tertiary/aromatic N) is 4. The summed E-state index contributed by atoms with van der Waals surface area (Å²) in [5.41, 5.74) is 1.92. The Morgan fingerprint density at radius 2 is 1.72 bits per heavy atom. The number of aromatic nitrogens is 4. The van der Waals surface area contributed by atoms with Crippen molar-refractivity contribution in [3.63, 3.8) is 0 Å². The van der Waals surface area contributed by atoms with Crippen molar-refractivity contribution >= 4 is 28.8 Å². The van der Waals surface area contributed by atoms with E-state index in [-0.39, 0.29) is 16.1 Å². The molecule has 0 unspecified atom stereocenters. The maximum absolute atomic E-state index is 12.8. The Balaban J connectivity index is 2.40. The molecule has 1 aromatic carbocycles. The molecule has 0 aliphatic carbocycles. The molecule has 29 heavy (non-hydrogen) atoms. The Kier molecular flexibility index (Phi) is 5.61. The number of rotatable bonds is 5. The van der Waals surface area contributed by atoms with E-state index in [2.05, 4.69) is 9.97 Å². The van der Waals surface area contributed by atoms with Gasteiger partial charge in [-0.2, -0.15) is 0 Å². The molecule has 0 amide bonds. The van der Waals surface area contributed by atoms with E-state index in [0.29, 0.717) is 12.2 Å². The van der Waals surface area contributed by atoms with Gasteiger partial charge in [0.25, 0.3) is 5.56 Å². The molecule has 2 aromatic heterocycles. The first-order chi connectivity index (χ1) is 13.6. The summed E-state index contributed by atoms with van der Waals surface area (Å²) in [7, 11) is 2.91. The van der Waals surface area contributed by atoms with Gasteiger partial charge in [0.1, 0.15) is 15.7 Å². The topological polar surface area (TPSA) is 107 Å². The van der Waals surface area contributed by atoms with Gasteiger partial charge in [-0.25, -0.2) is 14.8 Å². The number of aliphatic carboxylic acids is 1. The van der Waals surface area contributed by atoms with Crippen LogP contribution in [-0.4, -0.2) is 35.4 Å². The summed E-state index contributed by atoms with van der Waals surface area (Å²) >= 11 is 1.00. The summed E-state index contributed by atoms with van der Waals surface area (Å²) in [5, 5.41) is 9.11. The van der Waals surface area contributed by atoms with E-state index in [1.807, 2.05) is 32.0 Å². The minimum Gasteiger partial charge on any atom is -0.480 e. The monoisotopic (exact) mass is 414 g/mol. The highest BCUT2D eigenvalue weighted by atomic mass is 32.2. The molecule has 9 heteroatoms. The number of aryl methyl sites for hydroxylation is 3. The fourth-order valence-electron chi connectivity index (χ4n) is 3.19. The standard InChI is InChI=1S/C20H22N4O4S/c1-6-13(19(26)27)29-17-14-16(23(4)20(28)24(5)18(14)25)21-15(22-17)12-8-10(2)7-11(3)9-12/h7-9,13H,6H2,1-5H3,(H,26,27)/t13-/m1/s1. The fourth-order valence-corrected chi connectivity index (χ4v) is 4.16. The number of benzene rings is 1. The van der Waals surface area contributed by atoms with Crippen LogP contribution in [-0.2, 0) is 18.9 Å². The van der Waals surface area contributed by atoms with E-state index in [1.54, 1.807) is 6.92 Å². The van der Waals surface area contributed by atoms with Crippen LogP contribution in [0, 0.1) is 13.8 Å². The van der Waals surface area contributed by atoms with Crippen molar-refractivity contribution in [2.75, 3.05) is 0 Å². The highest BCUT2D eigenvalue weighted by Gasteiger charge is 2.23. The van der Waals surface area contributed by atoms with Gasteiger partial charge in [-0.05, 0) is 32.4 Å². The zero-order valence-electron chi connectivity index (χ0n) is 16.9. The van der Waals surface area contributed by atoms with Crippen LogP contribution in [0.2, 0.25) is 0 Å². The quantitative estimate of drug-likeness (QED) is 0.504. The summed E-state index contributed by atoms with van der Waals surface area (Å²) in [5.74, 6) is -0.644. The molecule has 8 nitrogen and oxygen atoms in total. The molecule has 0 aliphatic heterocycles. The lowest BCUT2D eigenvalue weighted by molar-refractivity contribution is -0.136. The van der Waals surface area contributed by atoms with E-state index in [1.165, 1.54) is 18.7 Å². The van der Waals surface area contributed by atoms with Crippen molar-refractivity contribution in [1.29, 1.82) is 0 Å². The number of fused-ring (bicyclic) bond motifs is 1. The molecule has 3 aromatic rings. The van der Waals surface area contributed by atoms with Crippen LogP contribution in [0.3, 0.4) is 0 Å². The lowest BCUT2D eigenvalue weighted by Gasteiger charge is -2.14. The predicted octanol–water partition coefficient (Wildman–Crippen LogP) is 2.27. The summed E-state index contributed by atoms with van der Waals surface area (Å²) in [6.45, 7) is 5.67. The molecule has 3 rings (SSSR count). The van der Waals surface area contributed by atoms with Crippen molar-refractivity contribution in [1.82, 2.24) is 19.1 Å². The van der Waals surface area contributed by atoms with E-state index in [4.69, 9.17) is 0 Å². The predicted molar refractivity (Wildman–Crippen MR) is 113 cm³/mol. The molecule has 0 radical (unpaired) electrons. The van der Waals surface area contributed by atoms with Gasteiger partial charge in [0, 0.05) is 19.7 Å². The molecular formula is C20H22N4O4S. The molecule has 0 aliphatic rings. The highest BCUT2D eigenvalue weighted by molar-refractivity contribution is 8.00. The van der Waals surface area contributed by atoms with Gasteiger partial charge in [0.05, 0.1) is 0 Å². The molecule has 0 saturated heterocycles. The Morgan fingerprint density at radius 1 is 1.10 bits per heavy atom. The lowest BCUT2D eigenvalue weighted by Crippen LogP contribution is -2.37. The third-order valence-corrected chi connectivity index (χ3v) is 5.98.